The molecule has 0 aromatic heterocycles. The fourth-order valence-electron chi connectivity index (χ4n) is 3.43. The van der Waals surface area contributed by atoms with Crippen molar-refractivity contribution in [3.63, 3.8) is 0 Å². The minimum atomic E-state index is -0.267. The first kappa shape index (κ1) is 19.2. The number of benzene rings is 1. The van der Waals surface area contributed by atoms with Gasteiger partial charge in [-0.3, -0.25) is 4.79 Å². The van der Waals surface area contributed by atoms with Crippen LogP contribution in [0, 0.1) is 5.92 Å². The van der Waals surface area contributed by atoms with Crippen LogP contribution in [-0.4, -0.2) is 61.0 Å². The first-order valence-corrected chi connectivity index (χ1v) is 8.91. The molecule has 1 saturated heterocycles. The highest BCUT2D eigenvalue weighted by Gasteiger charge is 2.30. The molecule has 6 nitrogen and oxygen atoms in total. The first-order valence-electron chi connectivity index (χ1n) is 8.91. The van der Waals surface area contributed by atoms with Gasteiger partial charge in [0, 0.05) is 36.9 Å². The van der Waals surface area contributed by atoms with Gasteiger partial charge in [-0.15, -0.1) is 0 Å². The molecule has 25 heavy (non-hydrogen) atoms. The molecule has 1 fully saturated rings. The van der Waals surface area contributed by atoms with Crippen molar-refractivity contribution in [1.29, 1.82) is 0 Å². The Bertz CT molecular complexity index is 617. The molecule has 0 radical (unpaired) electrons. The Morgan fingerprint density at radius 3 is 2.68 bits per heavy atom. The Kier molecular flexibility index (Phi) is 6.42. The Balaban J connectivity index is 2.06. The van der Waals surface area contributed by atoms with Crippen LogP contribution in [0.15, 0.2) is 24.3 Å². The molecule has 2 rings (SSSR count). The van der Waals surface area contributed by atoms with E-state index < -0.39 is 0 Å². The van der Waals surface area contributed by atoms with Gasteiger partial charge in [0.25, 0.3) is 5.91 Å². The van der Waals surface area contributed by atoms with Crippen molar-refractivity contribution < 1.29 is 9.59 Å². The van der Waals surface area contributed by atoms with Crippen molar-refractivity contribution in [3.8, 4) is 0 Å². The van der Waals surface area contributed by atoms with Crippen molar-refractivity contribution in [2.24, 2.45) is 5.92 Å². The second kappa shape index (κ2) is 8.34. The van der Waals surface area contributed by atoms with Crippen molar-refractivity contribution >= 4 is 17.6 Å². The predicted octanol–water partition coefficient (Wildman–Crippen LogP) is 2.63. The van der Waals surface area contributed by atoms with Crippen LogP contribution in [0.3, 0.4) is 0 Å². The number of anilines is 1. The topological polar surface area (TPSA) is 64.7 Å². The van der Waals surface area contributed by atoms with Crippen LogP contribution in [0.5, 0.6) is 0 Å². The lowest BCUT2D eigenvalue weighted by molar-refractivity contribution is 0.0549. The average molecular weight is 346 g/mol. The van der Waals surface area contributed by atoms with Crippen LogP contribution < -0.4 is 10.6 Å². The average Bonchev–Trinajstić information content (AvgIpc) is 2.53. The van der Waals surface area contributed by atoms with Gasteiger partial charge in [-0.05, 0) is 58.0 Å². The fourth-order valence-corrected chi connectivity index (χ4v) is 3.43. The molecule has 0 aliphatic carbocycles. The van der Waals surface area contributed by atoms with E-state index in [0.717, 1.165) is 19.5 Å². The third-order valence-corrected chi connectivity index (χ3v) is 4.67. The van der Waals surface area contributed by atoms with Crippen molar-refractivity contribution in [1.82, 2.24) is 15.1 Å². The lowest BCUT2D eigenvalue weighted by atomic mass is 9.92. The summed E-state index contributed by atoms with van der Waals surface area (Å²) in [5.41, 5.74) is 1.21. The number of amides is 3. The number of nitrogens with one attached hydrogen (secondary N) is 2. The molecule has 1 aliphatic heterocycles. The second-order valence-electron chi connectivity index (χ2n) is 7.35. The van der Waals surface area contributed by atoms with E-state index in [4.69, 9.17) is 0 Å². The Labute approximate surface area is 150 Å². The van der Waals surface area contributed by atoms with E-state index >= 15 is 0 Å². The zero-order valence-corrected chi connectivity index (χ0v) is 15.9. The lowest BCUT2D eigenvalue weighted by Crippen LogP contribution is -2.49. The quantitative estimate of drug-likeness (QED) is 0.881. The zero-order valence-electron chi connectivity index (χ0n) is 15.9. The van der Waals surface area contributed by atoms with Gasteiger partial charge in [0.05, 0.1) is 0 Å². The summed E-state index contributed by atoms with van der Waals surface area (Å²) in [6.07, 6.45) is 0.981. The molecule has 1 aromatic rings. The van der Waals surface area contributed by atoms with Crippen LogP contribution in [-0.2, 0) is 0 Å². The van der Waals surface area contributed by atoms with Gasteiger partial charge in [0.2, 0.25) is 0 Å². The summed E-state index contributed by atoms with van der Waals surface area (Å²) in [5, 5.41) is 5.55. The smallest absolute Gasteiger partial charge is 0.319 e. The van der Waals surface area contributed by atoms with Gasteiger partial charge < -0.3 is 20.4 Å². The normalized spacial score (nSPS) is 21.0. The fraction of sp³-hybridized carbons (Fsp3) is 0.579. The maximum Gasteiger partial charge on any atom is 0.319 e. The highest BCUT2D eigenvalue weighted by molar-refractivity contribution is 5.97. The monoisotopic (exact) mass is 346 g/mol. The third kappa shape index (κ3) is 5.19. The van der Waals surface area contributed by atoms with E-state index in [9.17, 15) is 9.59 Å². The third-order valence-electron chi connectivity index (χ3n) is 4.67. The Hall–Kier alpha value is -2.08. The number of piperidine rings is 1. The Morgan fingerprint density at radius 2 is 2.04 bits per heavy atom. The molecule has 2 atom stereocenters. The summed E-state index contributed by atoms with van der Waals surface area (Å²) in [6.45, 7) is 8.00. The van der Waals surface area contributed by atoms with Crippen LogP contribution in [0.4, 0.5) is 10.5 Å². The zero-order chi connectivity index (χ0) is 18.6. The second-order valence-corrected chi connectivity index (χ2v) is 7.35. The summed E-state index contributed by atoms with van der Waals surface area (Å²) in [4.78, 5) is 28.9. The van der Waals surface area contributed by atoms with Crippen LogP contribution in [0.1, 0.15) is 37.6 Å². The molecular formula is C19H30N4O2. The largest absolute Gasteiger partial charge is 0.338 e. The number of carbonyl (C=O) groups is 2. The van der Waals surface area contributed by atoms with Gasteiger partial charge >= 0.3 is 6.03 Å². The number of hydrogen-bond donors (Lipinski definition) is 2. The SMILES string of the molecule is CC(C)NC(=O)Nc1cccc(C(=O)N(C)[C@H]2CCN(C)C[C@@H]2C)c1. The number of rotatable bonds is 4. The maximum absolute atomic E-state index is 12.9. The van der Waals surface area contributed by atoms with E-state index in [-0.39, 0.29) is 24.0 Å². The number of nitrogens with zero attached hydrogens (tertiary/aromatic N) is 2. The van der Waals surface area contributed by atoms with E-state index in [1.807, 2.05) is 25.8 Å². The highest BCUT2D eigenvalue weighted by Crippen LogP contribution is 2.22. The molecule has 1 aliphatic rings. The van der Waals surface area contributed by atoms with Crippen molar-refractivity contribution in [3.05, 3.63) is 29.8 Å². The number of carbonyl (C=O) groups excluding carboxylic acids is 2. The number of hydrogen-bond acceptors (Lipinski definition) is 3. The first-order chi connectivity index (χ1) is 11.8. The van der Waals surface area contributed by atoms with E-state index in [1.54, 1.807) is 24.3 Å². The summed E-state index contributed by atoms with van der Waals surface area (Å²) in [5.74, 6) is 0.431. The van der Waals surface area contributed by atoms with Gasteiger partial charge in [0.15, 0.2) is 0 Å². The molecular weight excluding hydrogens is 316 g/mol. The molecule has 0 saturated carbocycles. The highest BCUT2D eigenvalue weighted by atomic mass is 16.2. The van der Waals surface area contributed by atoms with Crippen LogP contribution >= 0.6 is 0 Å². The molecule has 3 amide bonds. The molecule has 2 N–H and O–H groups in total. The van der Waals surface area contributed by atoms with Crippen LogP contribution in [0.2, 0.25) is 0 Å². The molecule has 6 heteroatoms. The van der Waals surface area contributed by atoms with Gasteiger partial charge in [-0.2, -0.15) is 0 Å². The summed E-state index contributed by atoms with van der Waals surface area (Å²) in [6, 6.07) is 7.14. The predicted molar refractivity (Wildman–Crippen MR) is 101 cm³/mol. The van der Waals surface area contributed by atoms with Gasteiger partial charge in [0.1, 0.15) is 0 Å². The number of likely N-dealkylation sites (tertiary alicyclic amines) is 1. The minimum Gasteiger partial charge on any atom is -0.338 e. The lowest BCUT2D eigenvalue weighted by Gasteiger charge is -2.40. The van der Waals surface area contributed by atoms with E-state index in [1.165, 1.54) is 0 Å². The van der Waals surface area contributed by atoms with Crippen molar-refractivity contribution in [2.75, 3.05) is 32.5 Å². The molecule has 1 heterocycles. The van der Waals surface area contributed by atoms with Gasteiger partial charge in [-0.25, -0.2) is 4.79 Å². The molecule has 0 bridgehead atoms. The summed E-state index contributed by atoms with van der Waals surface area (Å²) >= 11 is 0. The Morgan fingerprint density at radius 1 is 1.32 bits per heavy atom. The van der Waals surface area contributed by atoms with Crippen LogP contribution in [0.25, 0.3) is 0 Å². The summed E-state index contributed by atoms with van der Waals surface area (Å²) in [7, 11) is 3.99. The summed E-state index contributed by atoms with van der Waals surface area (Å²) < 4.78 is 0. The van der Waals surface area contributed by atoms with Crippen molar-refractivity contribution in [2.45, 2.75) is 39.3 Å². The molecule has 0 spiro atoms. The van der Waals surface area contributed by atoms with E-state index in [2.05, 4.69) is 29.5 Å². The number of urea groups is 1. The van der Waals surface area contributed by atoms with E-state index in [0.29, 0.717) is 17.2 Å². The standard InChI is InChI=1S/C19H30N4O2/c1-13(2)20-19(25)21-16-8-6-7-15(11-16)18(24)23(5)17-9-10-22(4)12-14(17)3/h6-8,11,13-14,17H,9-10,12H2,1-5H3,(H2,20,21,25)/t14-,17-/m0/s1. The minimum absolute atomic E-state index is 0.00526. The molecule has 0 unspecified atom stereocenters. The maximum atomic E-state index is 12.9. The molecule has 1 aromatic carbocycles. The molecule has 138 valence electrons. The van der Waals surface area contributed by atoms with Gasteiger partial charge in [-0.1, -0.05) is 13.0 Å².